The molecule has 1 aromatic heterocycles. The molecule has 1 aromatic rings. The molecular formula is C18H34Cl2N6O. The Labute approximate surface area is 174 Å². The summed E-state index contributed by atoms with van der Waals surface area (Å²) < 4.78 is 1.94. The Morgan fingerprint density at radius 3 is 2.67 bits per heavy atom. The number of amides is 1. The number of hydrogen-bond acceptors (Lipinski definition) is 5. The zero-order chi connectivity index (χ0) is 17.6. The molecule has 2 saturated heterocycles. The Hall–Kier alpha value is -0.890. The maximum atomic E-state index is 12.4. The number of halogens is 2. The first-order chi connectivity index (χ1) is 12.2. The van der Waals surface area contributed by atoms with Crippen LogP contribution in [0.3, 0.4) is 0 Å². The molecule has 0 saturated carbocycles. The first kappa shape index (κ1) is 24.1. The van der Waals surface area contributed by atoms with E-state index in [9.17, 15) is 4.79 Å². The predicted molar refractivity (Wildman–Crippen MR) is 112 cm³/mol. The largest absolute Gasteiger partial charge is 0.351 e. The maximum Gasteiger partial charge on any atom is 0.273 e. The maximum absolute atomic E-state index is 12.4. The molecule has 156 valence electrons. The van der Waals surface area contributed by atoms with Crippen molar-refractivity contribution in [3.63, 3.8) is 0 Å². The van der Waals surface area contributed by atoms with Crippen molar-refractivity contribution < 1.29 is 4.79 Å². The highest BCUT2D eigenvalue weighted by Gasteiger charge is 2.23. The van der Waals surface area contributed by atoms with Crippen LogP contribution >= 0.6 is 24.8 Å². The number of hydrogen-bond donors (Lipinski definition) is 2. The van der Waals surface area contributed by atoms with Gasteiger partial charge >= 0.3 is 0 Å². The van der Waals surface area contributed by atoms with Crippen LogP contribution in [0.25, 0.3) is 0 Å². The number of carbonyl (C=O) groups excluding carboxylic acids is 1. The topological polar surface area (TPSA) is 75.1 Å². The second-order valence-electron chi connectivity index (χ2n) is 7.44. The molecule has 3 heterocycles. The third-order valence-electron chi connectivity index (χ3n) is 5.65. The number of carbonyl (C=O) groups is 1. The number of rotatable bonds is 6. The minimum Gasteiger partial charge on any atom is -0.351 e. The lowest BCUT2D eigenvalue weighted by molar-refractivity contribution is 0.0943. The van der Waals surface area contributed by atoms with Gasteiger partial charge in [0.2, 0.25) is 0 Å². The second kappa shape index (κ2) is 11.8. The molecule has 0 aliphatic carbocycles. The number of piperidine rings is 2. The van der Waals surface area contributed by atoms with E-state index < -0.39 is 0 Å². The molecule has 3 rings (SSSR count). The second-order valence-corrected chi connectivity index (χ2v) is 7.44. The van der Waals surface area contributed by atoms with Gasteiger partial charge in [-0.25, -0.2) is 4.68 Å². The molecule has 1 unspecified atom stereocenters. The fourth-order valence-electron chi connectivity index (χ4n) is 4.01. The van der Waals surface area contributed by atoms with E-state index in [1.165, 1.54) is 25.8 Å². The Kier molecular flexibility index (Phi) is 10.6. The third kappa shape index (κ3) is 6.31. The molecule has 1 amide bonds. The number of aromatic nitrogens is 3. The van der Waals surface area contributed by atoms with Crippen molar-refractivity contribution in [2.45, 2.75) is 64.5 Å². The van der Waals surface area contributed by atoms with Gasteiger partial charge in [0.05, 0.1) is 11.7 Å². The highest BCUT2D eigenvalue weighted by Crippen LogP contribution is 2.20. The van der Waals surface area contributed by atoms with Gasteiger partial charge in [-0.3, -0.25) is 4.79 Å². The fourth-order valence-corrected chi connectivity index (χ4v) is 4.01. The average Bonchev–Trinajstić information content (AvgIpc) is 3.02. The Morgan fingerprint density at radius 2 is 1.96 bits per heavy atom. The summed E-state index contributed by atoms with van der Waals surface area (Å²) in [6.45, 7) is 9.20. The summed E-state index contributed by atoms with van der Waals surface area (Å²) in [5, 5.41) is 14.8. The number of nitrogens with zero attached hydrogens (tertiary/aromatic N) is 4. The van der Waals surface area contributed by atoms with Gasteiger partial charge in [-0.05, 0) is 65.6 Å². The summed E-state index contributed by atoms with van der Waals surface area (Å²) in [4.78, 5) is 15.0. The third-order valence-corrected chi connectivity index (χ3v) is 5.65. The van der Waals surface area contributed by atoms with Gasteiger partial charge in [0.15, 0.2) is 5.69 Å². The van der Waals surface area contributed by atoms with E-state index in [2.05, 4.69) is 32.8 Å². The van der Waals surface area contributed by atoms with E-state index >= 15 is 0 Å². The van der Waals surface area contributed by atoms with Crippen LogP contribution in [0, 0.1) is 6.92 Å². The molecular weight excluding hydrogens is 387 g/mol. The predicted octanol–water partition coefficient (Wildman–Crippen LogP) is 2.35. The zero-order valence-electron chi connectivity index (χ0n) is 16.4. The smallest absolute Gasteiger partial charge is 0.273 e. The van der Waals surface area contributed by atoms with Crippen LogP contribution in [0.1, 0.15) is 67.7 Å². The quantitative estimate of drug-likeness (QED) is 0.690. The summed E-state index contributed by atoms with van der Waals surface area (Å²) in [7, 11) is 0. The summed E-state index contributed by atoms with van der Waals surface area (Å²) in [5.41, 5.74) is 1.36. The molecule has 0 aromatic carbocycles. The molecule has 2 fully saturated rings. The van der Waals surface area contributed by atoms with Gasteiger partial charge in [0.1, 0.15) is 0 Å². The lowest BCUT2D eigenvalue weighted by Crippen LogP contribution is -2.39. The van der Waals surface area contributed by atoms with Crippen LogP contribution in [0.15, 0.2) is 0 Å². The zero-order valence-corrected chi connectivity index (χ0v) is 18.1. The summed E-state index contributed by atoms with van der Waals surface area (Å²) in [5.74, 6) is -0.0932. The van der Waals surface area contributed by atoms with E-state index in [0.717, 1.165) is 44.6 Å². The van der Waals surface area contributed by atoms with Crippen molar-refractivity contribution in [3.8, 4) is 0 Å². The molecule has 2 aliphatic rings. The Morgan fingerprint density at radius 1 is 1.22 bits per heavy atom. The van der Waals surface area contributed by atoms with E-state index in [4.69, 9.17) is 0 Å². The van der Waals surface area contributed by atoms with E-state index in [-0.39, 0.29) is 30.7 Å². The van der Waals surface area contributed by atoms with Crippen LogP contribution < -0.4 is 10.6 Å². The van der Waals surface area contributed by atoms with Gasteiger partial charge in [-0.2, -0.15) is 0 Å². The van der Waals surface area contributed by atoms with Gasteiger partial charge in [-0.1, -0.05) is 11.6 Å². The van der Waals surface area contributed by atoms with Crippen molar-refractivity contribution in [2.75, 3.05) is 32.7 Å². The molecule has 2 aliphatic heterocycles. The minimum absolute atomic E-state index is 0. The van der Waals surface area contributed by atoms with Crippen molar-refractivity contribution in [1.29, 1.82) is 0 Å². The van der Waals surface area contributed by atoms with Crippen molar-refractivity contribution in [2.24, 2.45) is 0 Å². The summed E-state index contributed by atoms with van der Waals surface area (Å²) >= 11 is 0. The molecule has 1 atom stereocenters. The molecule has 0 radical (unpaired) electrons. The minimum atomic E-state index is -0.0932. The van der Waals surface area contributed by atoms with Crippen LogP contribution in [-0.4, -0.2) is 64.6 Å². The first-order valence-electron chi connectivity index (χ1n) is 9.81. The molecule has 2 N–H and O–H groups in total. The Balaban J connectivity index is 0.00000182. The number of nitrogens with one attached hydrogen (secondary N) is 2. The van der Waals surface area contributed by atoms with Crippen LogP contribution in [0.2, 0.25) is 0 Å². The lowest BCUT2D eigenvalue weighted by Gasteiger charge is -2.33. The van der Waals surface area contributed by atoms with Crippen LogP contribution in [0.5, 0.6) is 0 Å². The van der Waals surface area contributed by atoms with Gasteiger partial charge < -0.3 is 15.5 Å². The van der Waals surface area contributed by atoms with Crippen molar-refractivity contribution in [3.05, 3.63) is 11.4 Å². The lowest BCUT2D eigenvalue weighted by atomic mass is 10.0. The average molecular weight is 421 g/mol. The molecule has 27 heavy (non-hydrogen) atoms. The van der Waals surface area contributed by atoms with Crippen molar-refractivity contribution >= 4 is 30.7 Å². The monoisotopic (exact) mass is 420 g/mol. The van der Waals surface area contributed by atoms with Gasteiger partial charge in [0, 0.05) is 19.1 Å². The SMILES string of the molecule is Cc1c(C(=O)NCCCN2CCCCC2C)nnn1C1CCNCC1.Cl.Cl. The first-order valence-corrected chi connectivity index (χ1v) is 9.81. The summed E-state index contributed by atoms with van der Waals surface area (Å²) in [6, 6.07) is 1.03. The van der Waals surface area contributed by atoms with E-state index in [1.54, 1.807) is 0 Å². The van der Waals surface area contributed by atoms with E-state index in [0.29, 0.717) is 24.3 Å². The normalized spacial score (nSPS) is 21.2. The molecule has 0 spiro atoms. The van der Waals surface area contributed by atoms with Crippen molar-refractivity contribution in [1.82, 2.24) is 30.5 Å². The molecule has 0 bridgehead atoms. The fraction of sp³-hybridized carbons (Fsp3) is 0.833. The number of likely N-dealkylation sites (tertiary alicyclic amines) is 1. The standard InChI is InChI=1S/C18H32N6O.2ClH/c1-14-6-3-4-12-23(14)13-5-9-20-18(25)17-15(2)24(22-21-17)16-7-10-19-11-8-16;;/h14,16,19H,3-13H2,1-2H3,(H,20,25);2*1H. The molecule has 9 heteroatoms. The highest BCUT2D eigenvalue weighted by molar-refractivity contribution is 5.93. The van der Waals surface area contributed by atoms with Gasteiger partial charge in [-0.15, -0.1) is 29.9 Å². The summed E-state index contributed by atoms with van der Waals surface area (Å²) in [6.07, 6.45) is 7.01. The Bertz CT molecular complexity index is 576. The highest BCUT2D eigenvalue weighted by atomic mass is 35.5. The van der Waals surface area contributed by atoms with Crippen LogP contribution in [-0.2, 0) is 0 Å². The molecule has 7 nitrogen and oxygen atoms in total. The van der Waals surface area contributed by atoms with Gasteiger partial charge in [0.25, 0.3) is 5.91 Å². The van der Waals surface area contributed by atoms with Crippen LogP contribution in [0.4, 0.5) is 0 Å². The van der Waals surface area contributed by atoms with E-state index in [1.807, 2.05) is 11.6 Å².